The molecule has 0 saturated carbocycles. The number of aromatic nitrogens is 1. The molecule has 0 unspecified atom stereocenters. The molecule has 0 spiro atoms. The van der Waals surface area contributed by atoms with Gasteiger partial charge in [-0.05, 0) is 30.5 Å². The molecule has 0 bridgehead atoms. The smallest absolute Gasteiger partial charge is 0.225 e. The fourth-order valence-electron chi connectivity index (χ4n) is 3.83. The number of rotatable bonds is 5. The largest absolute Gasteiger partial charge is 0.349 e. The molecule has 0 aliphatic carbocycles. The Kier molecular flexibility index (Phi) is 5.39. The van der Waals surface area contributed by atoms with E-state index in [4.69, 9.17) is 4.98 Å². The summed E-state index contributed by atoms with van der Waals surface area (Å²) in [7, 11) is 0. The van der Waals surface area contributed by atoms with E-state index < -0.39 is 0 Å². The summed E-state index contributed by atoms with van der Waals surface area (Å²) in [6.07, 6.45) is 2.16. The highest BCUT2D eigenvalue weighted by molar-refractivity contribution is 7.18. The van der Waals surface area contributed by atoms with Crippen LogP contribution >= 0.6 is 11.3 Å². The first-order valence-electron chi connectivity index (χ1n) is 9.59. The highest BCUT2D eigenvalue weighted by Gasteiger charge is 2.33. The van der Waals surface area contributed by atoms with Crippen molar-refractivity contribution in [3.8, 4) is 0 Å². The third-order valence-electron chi connectivity index (χ3n) is 5.13. The lowest BCUT2D eigenvalue weighted by molar-refractivity contribution is -0.133. The van der Waals surface area contributed by atoms with Gasteiger partial charge in [-0.1, -0.05) is 42.5 Å². The van der Waals surface area contributed by atoms with Crippen molar-refractivity contribution in [2.45, 2.75) is 38.3 Å². The zero-order valence-electron chi connectivity index (χ0n) is 15.8. The van der Waals surface area contributed by atoms with E-state index in [0.29, 0.717) is 0 Å². The molecular formula is C22H23N3O2S. The first-order chi connectivity index (χ1) is 13.6. The van der Waals surface area contributed by atoms with E-state index in [2.05, 4.69) is 11.4 Å². The van der Waals surface area contributed by atoms with E-state index >= 15 is 0 Å². The van der Waals surface area contributed by atoms with Crippen molar-refractivity contribution in [3.05, 3.63) is 65.2 Å². The third kappa shape index (κ3) is 3.92. The van der Waals surface area contributed by atoms with Gasteiger partial charge >= 0.3 is 0 Å². The summed E-state index contributed by atoms with van der Waals surface area (Å²) in [5, 5.41) is 3.93. The highest BCUT2D eigenvalue weighted by atomic mass is 32.1. The van der Waals surface area contributed by atoms with E-state index in [1.807, 2.05) is 53.4 Å². The second-order valence-electron chi connectivity index (χ2n) is 7.13. The van der Waals surface area contributed by atoms with E-state index in [-0.39, 0.29) is 30.3 Å². The zero-order valence-corrected chi connectivity index (χ0v) is 16.6. The maximum atomic E-state index is 13.2. The lowest BCUT2D eigenvalue weighted by Crippen LogP contribution is -2.35. The average molecular weight is 394 g/mol. The minimum absolute atomic E-state index is 0.0265. The van der Waals surface area contributed by atoms with E-state index in [9.17, 15) is 9.59 Å². The van der Waals surface area contributed by atoms with Gasteiger partial charge in [0.2, 0.25) is 11.8 Å². The predicted octanol–water partition coefficient (Wildman–Crippen LogP) is 4.23. The standard InChI is InChI=1S/C22H23N3O2S/c1-15(26)23-18(16-8-3-2-4-9-16)14-21(27)25-13-7-11-19(25)22-24-17-10-5-6-12-20(17)28-22/h2-6,8-10,12,18-19H,7,11,13-14H2,1H3,(H,23,26)/t18-,19+/m0/s1. The molecule has 2 aromatic carbocycles. The van der Waals surface area contributed by atoms with Gasteiger partial charge in [-0.25, -0.2) is 4.98 Å². The Morgan fingerprint density at radius 1 is 1.18 bits per heavy atom. The summed E-state index contributed by atoms with van der Waals surface area (Å²) in [5.74, 6) is -0.0739. The lowest BCUT2D eigenvalue weighted by atomic mass is 10.0. The molecule has 3 aromatic rings. The van der Waals surface area contributed by atoms with Crippen LogP contribution in [0.5, 0.6) is 0 Å². The predicted molar refractivity (Wildman–Crippen MR) is 111 cm³/mol. The van der Waals surface area contributed by atoms with Crippen molar-refractivity contribution in [3.63, 3.8) is 0 Å². The van der Waals surface area contributed by atoms with Gasteiger partial charge in [0.25, 0.3) is 0 Å². The summed E-state index contributed by atoms with van der Waals surface area (Å²) in [6, 6.07) is 17.5. The normalized spacial score (nSPS) is 17.6. The fraction of sp³-hybridized carbons (Fsp3) is 0.318. The van der Waals surface area contributed by atoms with Crippen LogP contribution < -0.4 is 5.32 Å². The average Bonchev–Trinajstić information content (AvgIpc) is 3.34. The number of benzene rings is 2. The lowest BCUT2D eigenvalue weighted by Gasteiger charge is -2.26. The summed E-state index contributed by atoms with van der Waals surface area (Å²) in [6.45, 7) is 2.22. The minimum atomic E-state index is -0.317. The molecule has 1 aromatic heterocycles. The minimum Gasteiger partial charge on any atom is -0.349 e. The van der Waals surface area contributed by atoms with Gasteiger partial charge in [0.15, 0.2) is 0 Å². The van der Waals surface area contributed by atoms with E-state index in [1.165, 1.54) is 6.92 Å². The van der Waals surface area contributed by atoms with Gasteiger partial charge in [0.1, 0.15) is 5.01 Å². The van der Waals surface area contributed by atoms with Gasteiger partial charge in [-0.15, -0.1) is 11.3 Å². The molecule has 2 amide bonds. The number of carbonyl (C=O) groups excluding carboxylic acids is 2. The second-order valence-corrected chi connectivity index (χ2v) is 8.20. The maximum Gasteiger partial charge on any atom is 0.225 e. The second kappa shape index (κ2) is 8.10. The number of carbonyl (C=O) groups is 2. The fourth-order valence-corrected chi connectivity index (χ4v) is 4.94. The van der Waals surface area contributed by atoms with Crippen LogP contribution in [0, 0.1) is 0 Å². The van der Waals surface area contributed by atoms with Gasteiger partial charge in [0.05, 0.1) is 28.7 Å². The molecule has 1 N–H and O–H groups in total. The number of likely N-dealkylation sites (tertiary alicyclic amines) is 1. The van der Waals surface area contributed by atoms with Crippen LogP contribution in [0.1, 0.15) is 48.8 Å². The summed E-state index contributed by atoms with van der Waals surface area (Å²) < 4.78 is 1.15. The molecule has 4 rings (SSSR count). The number of para-hydroxylation sites is 1. The number of amides is 2. The number of hydrogen-bond acceptors (Lipinski definition) is 4. The van der Waals surface area contributed by atoms with Crippen LogP contribution in [0.3, 0.4) is 0 Å². The number of nitrogens with zero attached hydrogens (tertiary/aromatic N) is 2. The zero-order chi connectivity index (χ0) is 19.5. The van der Waals surface area contributed by atoms with Crippen molar-refractivity contribution in [1.29, 1.82) is 0 Å². The van der Waals surface area contributed by atoms with Crippen molar-refractivity contribution < 1.29 is 9.59 Å². The Morgan fingerprint density at radius 3 is 2.68 bits per heavy atom. The summed E-state index contributed by atoms with van der Waals surface area (Å²) in [4.78, 5) is 31.5. The molecule has 28 heavy (non-hydrogen) atoms. The third-order valence-corrected chi connectivity index (χ3v) is 6.26. The van der Waals surface area contributed by atoms with Crippen LogP contribution in [0.25, 0.3) is 10.2 Å². The SMILES string of the molecule is CC(=O)N[C@@H](CC(=O)N1CCC[C@@H]1c1nc2ccccc2s1)c1ccccc1. The summed E-state index contributed by atoms with van der Waals surface area (Å²) in [5.41, 5.74) is 1.93. The molecule has 1 aliphatic heterocycles. The summed E-state index contributed by atoms with van der Waals surface area (Å²) >= 11 is 1.67. The topological polar surface area (TPSA) is 62.3 Å². The molecule has 0 radical (unpaired) electrons. The Morgan fingerprint density at radius 2 is 1.93 bits per heavy atom. The number of thiazole rings is 1. The number of hydrogen-bond donors (Lipinski definition) is 1. The molecule has 6 heteroatoms. The van der Waals surface area contributed by atoms with Crippen molar-refractivity contribution in [1.82, 2.24) is 15.2 Å². The van der Waals surface area contributed by atoms with Gasteiger partial charge in [-0.2, -0.15) is 0 Å². The molecule has 1 aliphatic rings. The van der Waals surface area contributed by atoms with Crippen LogP contribution in [0.15, 0.2) is 54.6 Å². The van der Waals surface area contributed by atoms with Crippen LogP contribution in [0.2, 0.25) is 0 Å². The van der Waals surface area contributed by atoms with Gasteiger partial charge in [0, 0.05) is 13.5 Å². The highest BCUT2D eigenvalue weighted by Crippen LogP contribution is 2.37. The first kappa shape index (κ1) is 18.6. The molecule has 1 saturated heterocycles. The number of nitrogens with one attached hydrogen (secondary N) is 1. The molecule has 2 atom stereocenters. The molecule has 2 heterocycles. The maximum absolute atomic E-state index is 13.2. The van der Waals surface area contributed by atoms with Crippen molar-refractivity contribution in [2.24, 2.45) is 0 Å². The van der Waals surface area contributed by atoms with Crippen LogP contribution in [0.4, 0.5) is 0 Å². The van der Waals surface area contributed by atoms with Crippen molar-refractivity contribution in [2.75, 3.05) is 6.54 Å². The van der Waals surface area contributed by atoms with Crippen molar-refractivity contribution >= 4 is 33.4 Å². The Labute approximate surface area is 168 Å². The first-order valence-corrected chi connectivity index (χ1v) is 10.4. The van der Waals surface area contributed by atoms with Gasteiger partial charge in [-0.3, -0.25) is 9.59 Å². The number of fused-ring (bicyclic) bond motifs is 1. The van der Waals surface area contributed by atoms with Crippen LogP contribution in [-0.4, -0.2) is 28.2 Å². The Hall–Kier alpha value is -2.73. The monoisotopic (exact) mass is 393 g/mol. The molecule has 1 fully saturated rings. The quantitative estimate of drug-likeness (QED) is 0.706. The van der Waals surface area contributed by atoms with Crippen LogP contribution in [-0.2, 0) is 9.59 Å². The Balaban J connectivity index is 1.54. The molecular weight excluding hydrogens is 370 g/mol. The van der Waals surface area contributed by atoms with E-state index in [1.54, 1.807) is 11.3 Å². The Bertz CT molecular complexity index is 953. The van der Waals surface area contributed by atoms with E-state index in [0.717, 1.165) is 40.2 Å². The molecule has 5 nitrogen and oxygen atoms in total. The van der Waals surface area contributed by atoms with Gasteiger partial charge < -0.3 is 10.2 Å². The molecule has 144 valence electrons.